The van der Waals surface area contributed by atoms with Gasteiger partial charge in [0, 0.05) is 19.1 Å². The Kier molecular flexibility index (Phi) is 4.22. The normalized spacial score (nSPS) is 22.6. The summed E-state index contributed by atoms with van der Waals surface area (Å²) in [6.45, 7) is 4.30. The molecule has 0 bridgehead atoms. The number of rotatable bonds is 5. The van der Waals surface area contributed by atoms with E-state index in [0.717, 1.165) is 25.6 Å². The molecular formula is C16H21N3O2S. The Morgan fingerprint density at radius 3 is 2.82 bits per heavy atom. The van der Waals surface area contributed by atoms with Crippen molar-refractivity contribution in [1.29, 1.82) is 5.26 Å². The monoisotopic (exact) mass is 319 g/mol. The third-order valence-electron chi connectivity index (χ3n) is 4.55. The smallest absolute Gasteiger partial charge is 0.240 e. The lowest BCUT2D eigenvalue weighted by Gasteiger charge is -2.15. The molecule has 2 aliphatic rings. The lowest BCUT2D eigenvalue weighted by molar-refractivity contribution is 0.314. The van der Waals surface area contributed by atoms with Gasteiger partial charge in [0.1, 0.15) is 0 Å². The Labute approximate surface area is 132 Å². The molecule has 6 heteroatoms. The van der Waals surface area contributed by atoms with Gasteiger partial charge in [0.25, 0.3) is 0 Å². The molecule has 0 spiro atoms. The average molecular weight is 319 g/mol. The van der Waals surface area contributed by atoms with Crippen LogP contribution < -0.4 is 4.72 Å². The highest BCUT2D eigenvalue weighted by molar-refractivity contribution is 7.89. The summed E-state index contributed by atoms with van der Waals surface area (Å²) in [5.41, 5.74) is 1.03. The van der Waals surface area contributed by atoms with Crippen LogP contribution in [0.15, 0.2) is 23.1 Å². The summed E-state index contributed by atoms with van der Waals surface area (Å²) < 4.78 is 27.7. The third kappa shape index (κ3) is 3.32. The molecule has 0 unspecified atom stereocenters. The summed E-state index contributed by atoms with van der Waals surface area (Å²) in [6.07, 6.45) is 3.63. The Morgan fingerprint density at radius 1 is 1.36 bits per heavy atom. The SMILES string of the molecule is Cc1ccc(C#N)cc1S(=O)(=O)NC[C@H]1CCN(C2CC2)C1. The van der Waals surface area contributed by atoms with Crippen molar-refractivity contribution < 1.29 is 8.42 Å². The predicted octanol–water partition coefficient (Wildman–Crippen LogP) is 1.63. The first-order valence-electron chi connectivity index (χ1n) is 7.74. The quantitative estimate of drug-likeness (QED) is 0.895. The maximum atomic E-state index is 12.5. The molecule has 0 radical (unpaired) electrons. The molecule has 0 amide bonds. The molecule has 0 aromatic heterocycles. The molecule has 22 heavy (non-hydrogen) atoms. The molecule has 2 fully saturated rings. The lowest BCUT2D eigenvalue weighted by atomic mass is 10.1. The van der Waals surface area contributed by atoms with Crippen LogP contribution in [0, 0.1) is 24.2 Å². The molecule has 1 saturated heterocycles. The lowest BCUT2D eigenvalue weighted by Crippen LogP contribution is -2.32. The summed E-state index contributed by atoms with van der Waals surface area (Å²) in [5, 5.41) is 8.94. The summed E-state index contributed by atoms with van der Waals surface area (Å²) in [6, 6.07) is 7.50. The second kappa shape index (κ2) is 5.99. The minimum absolute atomic E-state index is 0.212. The van der Waals surface area contributed by atoms with Gasteiger partial charge in [0.05, 0.1) is 16.5 Å². The van der Waals surface area contributed by atoms with E-state index < -0.39 is 10.0 Å². The zero-order chi connectivity index (χ0) is 15.7. The van der Waals surface area contributed by atoms with Crippen molar-refractivity contribution in [2.45, 2.75) is 37.1 Å². The van der Waals surface area contributed by atoms with E-state index in [9.17, 15) is 8.42 Å². The van der Waals surface area contributed by atoms with Crippen molar-refractivity contribution in [3.8, 4) is 6.07 Å². The molecule has 1 aromatic rings. The fraction of sp³-hybridized carbons (Fsp3) is 0.562. The largest absolute Gasteiger partial charge is 0.300 e. The van der Waals surface area contributed by atoms with Gasteiger partial charge in [0.2, 0.25) is 10.0 Å². The number of hydrogen-bond donors (Lipinski definition) is 1. The maximum absolute atomic E-state index is 12.5. The molecule has 1 aliphatic carbocycles. The molecule has 1 aromatic carbocycles. The minimum atomic E-state index is -3.55. The van der Waals surface area contributed by atoms with E-state index >= 15 is 0 Å². The Balaban J connectivity index is 1.65. The van der Waals surface area contributed by atoms with Gasteiger partial charge in [-0.3, -0.25) is 0 Å². The molecule has 3 rings (SSSR count). The number of nitrogens with one attached hydrogen (secondary N) is 1. The molecule has 1 aliphatic heterocycles. The first kappa shape index (κ1) is 15.5. The van der Waals surface area contributed by atoms with Crippen LogP contribution in [0.5, 0.6) is 0 Å². The fourth-order valence-corrected chi connectivity index (χ4v) is 4.45. The number of benzene rings is 1. The van der Waals surface area contributed by atoms with E-state index in [0.29, 0.717) is 23.6 Å². The van der Waals surface area contributed by atoms with Crippen molar-refractivity contribution in [3.63, 3.8) is 0 Å². The van der Waals surface area contributed by atoms with E-state index in [1.807, 2.05) is 6.07 Å². The summed E-state index contributed by atoms with van der Waals surface area (Å²) in [7, 11) is -3.55. The number of sulfonamides is 1. The van der Waals surface area contributed by atoms with Gasteiger partial charge in [-0.15, -0.1) is 0 Å². The van der Waals surface area contributed by atoms with Gasteiger partial charge < -0.3 is 4.90 Å². The molecule has 1 heterocycles. The highest BCUT2D eigenvalue weighted by atomic mass is 32.2. The zero-order valence-electron chi connectivity index (χ0n) is 12.7. The summed E-state index contributed by atoms with van der Waals surface area (Å²) in [5.74, 6) is 0.384. The molecule has 1 atom stereocenters. The van der Waals surface area contributed by atoms with E-state index in [1.165, 1.54) is 18.9 Å². The second-order valence-electron chi connectivity index (χ2n) is 6.32. The number of likely N-dealkylation sites (tertiary alicyclic amines) is 1. The maximum Gasteiger partial charge on any atom is 0.240 e. The number of hydrogen-bond acceptors (Lipinski definition) is 4. The first-order valence-corrected chi connectivity index (χ1v) is 9.22. The highest BCUT2D eigenvalue weighted by Gasteiger charge is 2.34. The van der Waals surface area contributed by atoms with E-state index in [1.54, 1.807) is 19.1 Å². The molecule has 1 N–H and O–H groups in total. The Morgan fingerprint density at radius 2 is 2.14 bits per heavy atom. The Bertz CT molecular complexity index is 705. The van der Waals surface area contributed by atoms with Crippen LogP contribution in [0.2, 0.25) is 0 Å². The summed E-state index contributed by atoms with van der Waals surface area (Å²) >= 11 is 0. The summed E-state index contributed by atoms with van der Waals surface area (Å²) in [4.78, 5) is 2.68. The third-order valence-corrected chi connectivity index (χ3v) is 6.11. The van der Waals surface area contributed by atoms with Gasteiger partial charge in [-0.2, -0.15) is 5.26 Å². The van der Waals surface area contributed by atoms with Crippen molar-refractivity contribution in [2.75, 3.05) is 19.6 Å². The fourth-order valence-electron chi connectivity index (χ4n) is 3.07. The zero-order valence-corrected chi connectivity index (χ0v) is 13.6. The number of nitriles is 1. The van der Waals surface area contributed by atoms with Gasteiger partial charge in [-0.25, -0.2) is 13.1 Å². The van der Waals surface area contributed by atoms with E-state index in [-0.39, 0.29) is 4.90 Å². The number of nitrogens with zero attached hydrogens (tertiary/aromatic N) is 2. The number of aryl methyl sites for hydroxylation is 1. The van der Waals surface area contributed by atoms with Gasteiger partial charge in [-0.05, 0) is 56.3 Å². The van der Waals surface area contributed by atoms with E-state index in [2.05, 4.69) is 9.62 Å². The average Bonchev–Trinajstić information content (AvgIpc) is 3.24. The molecule has 118 valence electrons. The standard InChI is InChI=1S/C16H21N3O2S/c1-12-2-3-13(9-17)8-16(12)22(20,21)18-10-14-6-7-19(11-14)15-4-5-15/h2-3,8,14-15,18H,4-7,10-11H2,1H3/t14-/m1/s1. The van der Waals surface area contributed by atoms with Crippen LogP contribution in [0.4, 0.5) is 0 Å². The predicted molar refractivity (Wildman–Crippen MR) is 83.8 cm³/mol. The second-order valence-corrected chi connectivity index (χ2v) is 8.06. The van der Waals surface area contributed by atoms with E-state index in [4.69, 9.17) is 5.26 Å². The van der Waals surface area contributed by atoms with Crippen LogP contribution in [-0.2, 0) is 10.0 Å². The minimum Gasteiger partial charge on any atom is -0.300 e. The highest BCUT2D eigenvalue weighted by Crippen LogP contribution is 2.31. The van der Waals surface area contributed by atoms with Crippen LogP contribution >= 0.6 is 0 Å². The Hall–Kier alpha value is -1.42. The van der Waals surface area contributed by atoms with Crippen molar-refractivity contribution in [1.82, 2.24) is 9.62 Å². The molecular weight excluding hydrogens is 298 g/mol. The van der Waals surface area contributed by atoms with Crippen LogP contribution in [0.25, 0.3) is 0 Å². The molecule has 1 saturated carbocycles. The van der Waals surface area contributed by atoms with Crippen molar-refractivity contribution in [3.05, 3.63) is 29.3 Å². The van der Waals surface area contributed by atoms with Crippen LogP contribution in [0.3, 0.4) is 0 Å². The van der Waals surface area contributed by atoms with Crippen LogP contribution in [0.1, 0.15) is 30.4 Å². The van der Waals surface area contributed by atoms with Gasteiger partial charge in [0.15, 0.2) is 0 Å². The van der Waals surface area contributed by atoms with Gasteiger partial charge >= 0.3 is 0 Å². The topological polar surface area (TPSA) is 73.2 Å². The van der Waals surface area contributed by atoms with Crippen molar-refractivity contribution in [2.24, 2.45) is 5.92 Å². The van der Waals surface area contributed by atoms with Gasteiger partial charge in [-0.1, -0.05) is 6.07 Å². The van der Waals surface area contributed by atoms with Crippen molar-refractivity contribution >= 4 is 10.0 Å². The van der Waals surface area contributed by atoms with Crippen LogP contribution in [-0.4, -0.2) is 39.0 Å². The molecule has 5 nitrogen and oxygen atoms in total. The first-order chi connectivity index (χ1) is 10.5.